The highest BCUT2D eigenvalue weighted by Crippen LogP contribution is 2.24. The number of likely N-dealkylation sites (N-methyl/N-ethyl adjacent to an activating group) is 1. The van der Waals surface area contributed by atoms with Crippen LogP contribution in [0.25, 0.3) is 0 Å². The van der Waals surface area contributed by atoms with Gasteiger partial charge in [0.2, 0.25) is 11.8 Å². The van der Waals surface area contributed by atoms with Gasteiger partial charge in [0.15, 0.2) is 0 Å². The van der Waals surface area contributed by atoms with Gasteiger partial charge < -0.3 is 10.2 Å². The van der Waals surface area contributed by atoms with Gasteiger partial charge in [0.25, 0.3) is 0 Å². The maximum absolute atomic E-state index is 13.9. The largest absolute Gasteiger partial charge is 0.357 e. The molecule has 0 saturated heterocycles. The summed E-state index contributed by atoms with van der Waals surface area (Å²) in [7, 11) is 1.54. The summed E-state index contributed by atoms with van der Waals surface area (Å²) in [6, 6.07) is 11.7. The Morgan fingerprint density at radius 3 is 2.61 bits per heavy atom. The first kappa shape index (κ1) is 22.2. The fourth-order valence-electron chi connectivity index (χ4n) is 2.79. The third-order valence-electron chi connectivity index (χ3n) is 4.38. The van der Waals surface area contributed by atoms with E-state index in [1.165, 1.54) is 17.8 Å². The monoisotopic (exact) mass is 422 g/mol. The number of carbonyl (C=O) groups excluding carboxylic acids is 2. The summed E-state index contributed by atoms with van der Waals surface area (Å²) in [6.07, 6.45) is 0. The minimum Gasteiger partial charge on any atom is -0.357 e. The fourth-order valence-corrected chi connectivity index (χ4v) is 4.04. The van der Waals surface area contributed by atoms with Crippen LogP contribution in [0.2, 0.25) is 5.02 Å². The van der Waals surface area contributed by atoms with E-state index >= 15 is 0 Å². The van der Waals surface area contributed by atoms with Crippen molar-refractivity contribution in [3.05, 3.63) is 70.0 Å². The zero-order valence-electron chi connectivity index (χ0n) is 16.2. The third kappa shape index (κ3) is 5.97. The molecule has 1 atom stereocenters. The van der Waals surface area contributed by atoms with Gasteiger partial charge in [0.1, 0.15) is 11.9 Å². The number of nitrogens with one attached hydrogen (secondary N) is 1. The third-order valence-corrected chi connectivity index (χ3v) is 5.68. The van der Waals surface area contributed by atoms with Gasteiger partial charge in [-0.1, -0.05) is 47.5 Å². The van der Waals surface area contributed by atoms with Crippen LogP contribution in [0.3, 0.4) is 0 Å². The first-order valence-corrected chi connectivity index (χ1v) is 10.4. The van der Waals surface area contributed by atoms with Crippen LogP contribution >= 0.6 is 23.4 Å². The molecule has 0 saturated carbocycles. The van der Waals surface area contributed by atoms with Crippen LogP contribution in [-0.2, 0) is 21.9 Å². The van der Waals surface area contributed by atoms with E-state index in [0.29, 0.717) is 17.1 Å². The highest BCUT2D eigenvalue weighted by atomic mass is 35.5. The molecule has 0 bridgehead atoms. The summed E-state index contributed by atoms with van der Waals surface area (Å²) in [6.45, 7) is 4.01. The zero-order chi connectivity index (χ0) is 20.7. The smallest absolute Gasteiger partial charge is 0.242 e. The Kier molecular flexibility index (Phi) is 8.33. The fraction of sp³-hybridized carbons (Fsp3) is 0.333. The van der Waals surface area contributed by atoms with Crippen molar-refractivity contribution >= 4 is 35.2 Å². The van der Waals surface area contributed by atoms with E-state index in [1.54, 1.807) is 31.0 Å². The van der Waals surface area contributed by atoms with E-state index in [-0.39, 0.29) is 29.1 Å². The SMILES string of the molecule is CNC(=O)C(C)N(Cc1cccc(C)c1)C(=O)CSCc1c(F)cccc1Cl. The number of nitrogens with zero attached hydrogens (tertiary/aromatic N) is 1. The predicted molar refractivity (Wildman–Crippen MR) is 113 cm³/mol. The molecule has 28 heavy (non-hydrogen) atoms. The van der Waals surface area contributed by atoms with E-state index in [1.807, 2.05) is 31.2 Å². The molecule has 0 aliphatic heterocycles. The Bertz CT molecular complexity index is 827. The van der Waals surface area contributed by atoms with Crippen LogP contribution < -0.4 is 5.32 Å². The molecule has 1 unspecified atom stereocenters. The molecule has 0 aliphatic rings. The molecule has 0 aliphatic carbocycles. The Balaban J connectivity index is 2.08. The van der Waals surface area contributed by atoms with Crippen molar-refractivity contribution in [3.63, 3.8) is 0 Å². The minimum atomic E-state index is -0.615. The lowest BCUT2D eigenvalue weighted by Crippen LogP contribution is -2.47. The van der Waals surface area contributed by atoms with Crippen molar-refractivity contribution in [1.82, 2.24) is 10.2 Å². The van der Waals surface area contributed by atoms with Gasteiger partial charge in [-0.05, 0) is 31.5 Å². The molecular formula is C21H24ClFN2O2S. The minimum absolute atomic E-state index is 0.123. The molecule has 2 aromatic rings. The molecule has 0 fully saturated rings. The highest BCUT2D eigenvalue weighted by molar-refractivity contribution is 7.99. The number of thioether (sulfide) groups is 1. The van der Waals surface area contributed by atoms with Crippen LogP contribution in [0, 0.1) is 12.7 Å². The number of aryl methyl sites for hydroxylation is 1. The molecule has 0 radical (unpaired) electrons. The van der Waals surface area contributed by atoms with Gasteiger partial charge in [-0.3, -0.25) is 9.59 Å². The van der Waals surface area contributed by atoms with Crippen molar-refractivity contribution in [1.29, 1.82) is 0 Å². The van der Waals surface area contributed by atoms with E-state index < -0.39 is 6.04 Å². The average molecular weight is 423 g/mol. The summed E-state index contributed by atoms with van der Waals surface area (Å²) in [4.78, 5) is 26.5. The standard InChI is InChI=1S/C21H24ClFN2O2S/c1-14-6-4-7-16(10-14)11-25(15(2)21(27)24-3)20(26)13-28-12-17-18(22)8-5-9-19(17)23/h4-10,15H,11-13H2,1-3H3,(H,24,27). The molecule has 2 aromatic carbocycles. The Morgan fingerprint density at radius 2 is 1.96 bits per heavy atom. The lowest BCUT2D eigenvalue weighted by Gasteiger charge is -2.28. The van der Waals surface area contributed by atoms with Crippen molar-refractivity contribution in [3.8, 4) is 0 Å². The van der Waals surface area contributed by atoms with Crippen LogP contribution in [0.1, 0.15) is 23.6 Å². The molecule has 0 spiro atoms. The lowest BCUT2D eigenvalue weighted by atomic mass is 10.1. The Hall–Kier alpha value is -2.05. The molecule has 0 heterocycles. The lowest BCUT2D eigenvalue weighted by molar-refractivity contribution is -0.138. The van der Waals surface area contributed by atoms with E-state index in [2.05, 4.69) is 5.32 Å². The van der Waals surface area contributed by atoms with Crippen molar-refractivity contribution in [2.75, 3.05) is 12.8 Å². The predicted octanol–water partition coefficient (Wildman–Crippen LogP) is 4.18. The van der Waals surface area contributed by atoms with Crippen LogP contribution in [0.15, 0.2) is 42.5 Å². The van der Waals surface area contributed by atoms with Gasteiger partial charge in [0, 0.05) is 29.9 Å². The molecule has 1 N–H and O–H groups in total. The van der Waals surface area contributed by atoms with Gasteiger partial charge in [0.05, 0.1) is 5.75 Å². The van der Waals surface area contributed by atoms with Crippen LogP contribution in [0.5, 0.6) is 0 Å². The summed E-state index contributed by atoms with van der Waals surface area (Å²) < 4.78 is 13.9. The molecule has 4 nitrogen and oxygen atoms in total. The zero-order valence-corrected chi connectivity index (χ0v) is 17.7. The van der Waals surface area contributed by atoms with Gasteiger partial charge in [-0.2, -0.15) is 0 Å². The Morgan fingerprint density at radius 1 is 1.25 bits per heavy atom. The normalized spacial score (nSPS) is 11.8. The summed E-state index contributed by atoms with van der Waals surface area (Å²) >= 11 is 7.31. The average Bonchev–Trinajstić information content (AvgIpc) is 2.67. The van der Waals surface area contributed by atoms with Crippen molar-refractivity contribution < 1.29 is 14.0 Å². The summed E-state index contributed by atoms with van der Waals surface area (Å²) in [5, 5.41) is 2.93. The maximum atomic E-state index is 13.9. The molecule has 150 valence electrons. The van der Waals surface area contributed by atoms with E-state index in [9.17, 15) is 14.0 Å². The molecular weight excluding hydrogens is 399 g/mol. The first-order valence-electron chi connectivity index (χ1n) is 8.90. The van der Waals surface area contributed by atoms with E-state index in [4.69, 9.17) is 11.6 Å². The summed E-state index contributed by atoms with van der Waals surface area (Å²) in [5.41, 5.74) is 2.42. The first-order chi connectivity index (χ1) is 13.3. The number of benzene rings is 2. The number of hydrogen-bond donors (Lipinski definition) is 1. The second-order valence-electron chi connectivity index (χ2n) is 6.49. The molecule has 7 heteroatoms. The highest BCUT2D eigenvalue weighted by Gasteiger charge is 2.25. The number of amides is 2. The van der Waals surface area contributed by atoms with Gasteiger partial charge >= 0.3 is 0 Å². The Labute approximate surface area is 174 Å². The van der Waals surface area contributed by atoms with Gasteiger partial charge in [-0.25, -0.2) is 4.39 Å². The number of carbonyl (C=O) groups is 2. The molecule has 2 amide bonds. The number of hydrogen-bond acceptors (Lipinski definition) is 3. The quantitative estimate of drug-likeness (QED) is 0.694. The van der Waals surface area contributed by atoms with Gasteiger partial charge in [-0.15, -0.1) is 11.8 Å². The maximum Gasteiger partial charge on any atom is 0.242 e. The van der Waals surface area contributed by atoms with Crippen molar-refractivity contribution in [2.45, 2.75) is 32.2 Å². The van der Waals surface area contributed by atoms with E-state index in [0.717, 1.165) is 11.1 Å². The molecule has 0 aromatic heterocycles. The number of rotatable bonds is 8. The summed E-state index contributed by atoms with van der Waals surface area (Å²) in [5.74, 6) is -0.400. The second-order valence-corrected chi connectivity index (χ2v) is 7.89. The van der Waals surface area contributed by atoms with Crippen LogP contribution in [0.4, 0.5) is 4.39 Å². The topological polar surface area (TPSA) is 49.4 Å². The second kappa shape index (κ2) is 10.5. The van der Waals surface area contributed by atoms with Crippen LogP contribution in [-0.4, -0.2) is 35.6 Å². The number of halogens is 2. The van der Waals surface area contributed by atoms with Crippen molar-refractivity contribution in [2.24, 2.45) is 0 Å². The molecule has 2 rings (SSSR count).